The molecule has 2 rings (SSSR count). The summed E-state index contributed by atoms with van der Waals surface area (Å²) in [6.07, 6.45) is 2.82. The van der Waals surface area contributed by atoms with E-state index in [2.05, 4.69) is 4.74 Å². The standard InChI is InChI=1S/C21H23O7P/c1-4-27-29(25,28-5-2)17-11-13-20(23)18(14-17)19(22)12-8-15-6-9-16(10-7-15)21(24)26-3/h6-14,23H,4-5H2,1-3H3. The monoisotopic (exact) mass is 418 g/mol. The van der Waals surface area contributed by atoms with Gasteiger partial charge in [0.05, 0.1) is 36.8 Å². The van der Waals surface area contributed by atoms with Gasteiger partial charge in [0, 0.05) is 0 Å². The van der Waals surface area contributed by atoms with Gasteiger partial charge in [0.1, 0.15) is 5.75 Å². The average Bonchev–Trinajstić information content (AvgIpc) is 2.72. The van der Waals surface area contributed by atoms with Gasteiger partial charge in [-0.1, -0.05) is 18.2 Å². The van der Waals surface area contributed by atoms with Crippen molar-refractivity contribution in [2.75, 3.05) is 20.3 Å². The molecule has 154 valence electrons. The molecule has 0 saturated heterocycles. The number of phenols is 1. The molecule has 0 amide bonds. The van der Waals surface area contributed by atoms with Crippen LogP contribution in [0.4, 0.5) is 0 Å². The van der Waals surface area contributed by atoms with Crippen LogP contribution in [0.2, 0.25) is 0 Å². The van der Waals surface area contributed by atoms with E-state index in [1.54, 1.807) is 44.2 Å². The van der Waals surface area contributed by atoms with Crippen molar-refractivity contribution < 1.29 is 33.0 Å². The number of carbonyl (C=O) groups is 2. The third-order valence-electron chi connectivity index (χ3n) is 3.92. The van der Waals surface area contributed by atoms with E-state index in [0.717, 1.165) is 0 Å². The fraction of sp³-hybridized carbons (Fsp3) is 0.238. The lowest BCUT2D eigenvalue weighted by Crippen LogP contribution is -2.12. The fourth-order valence-corrected chi connectivity index (χ4v) is 4.12. The van der Waals surface area contributed by atoms with E-state index in [9.17, 15) is 19.3 Å². The summed E-state index contributed by atoms with van der Waals surface area (Å²) in [6.45, 7) is 3.71. The number of esters is 1. The lowest BCUT2D eigenvalue weighted by molar-refractivity contribution is 0.0600. The molecule has 0 atom stereocenters. The summed E-state index contributed by atoms with van der Waals surface area (Å²) in [5, 5.41) is 10.3. The van der Waals surface area contributed by atoms with Gasteiger partial charge in [-0.15, -0.1) is 0 Å². The van der Waals surface area contributed by atoms with Crippen LogP contribution in [0.5, 0.6) is 5.75 Å². The highest BCUT2D eigenvalue weighted by Crippen LogP contribution is 2.47. The number of ketones is 1. The van der Waals surface area contributed by atoms with Crippen molar-refractivity contribution in [3.05, 3.63) is 65.2 Å². The molecule has 29 heavy (non-hydrogen) atoms. The number of allylic oxidation sites excluding steroid dienone is 1. The first-order valence-corrected chi connectivity index (χ1v) is 10.5. The minimum Gasteiger partial charge on any atom is -0.507 e. The number of hydrogen-bond acceptors (Lipinski definition) is 7. The summed E-state index contributed by atoms with van der Waals surface area (Å²) in [4.78, 5) is 24.0. The van der Waals surface area contributed by atoms with E-state index >= 15 is 0 Å². The first-order chi connectivity index (χ1) is 13.8. The number of phenolic OH excluding ortho intramolecular Hbond substituents is 1. The maximum atomic E-state index is 12.9. The Kier molecular flexibility index (Phi) is 7.91. The van der Waals surface area contributed by atoms with Gasteiger partial charge in [-0.3, -0.25) is 9.36 Å². The van der Waals surface area contributed by atoms with Crippen molar-refractivity contribution in [2.24, 2.45) is 0 Å². The van der Waals surface area contributed by atoms with Crippen molar-refractivity contribution in [3.63, 3.8) is 0 Å². The summed E-state index contributed by atoms with van der Waals surface area (Å²) in [7, 11) is -2.29. The Labute approximate surface area is 169 Å². The molecule has 0 fully saturated rings. The zero-order chi connectivity index (χ0) is 21.4. The molecular weight excluding hydrogens is 395 g/mol. The lowest BCUT2D eigenvalue weighted by Gasteiger charge is -2.17. The molecule has 1 N–H and O–H groups in total. The van der Waals surface area contributed by atoms with Gasteiger partial charge in [-0.2, -0.15) is 0 Å². The number of ether oxygens (including phenoxy) is 1. The number of aromatic hydroxyl groups is 1. The summed E-state index contributed by atoms with van der Waals surface area (Å²) < 4.78 is 28.1. The van der Waals surface area contributed by atoms with E-state index in [1.165, 1.54) is 31.4 Å². The average molecular weight is 418 g/mol. The van der Waals surface area contributed by atoms with E-state index < -0.39 is 19.3 Å². The van der Waals surface area contributed by atoms with Gasteiger partial charge in [-0.05, 0) is 55.8 Å². The van der Waals surface area contributed by atoms with E-state index in [4.69, 9.17) is 9.05 Å². The first kappa shape index (κ1) is 22.6. The third kappa shape index (κ3) is 5.64. The Balaban J connectivity index is 2.27. The zero-order valence-electron chi connectivity index (χ0n) is 16.5. The molecule has 0 aliphatic rings. The summed E-state index contributed by atoms with van der Waals surface area (Å²) in [5.74, 6) is -1.18. The SMILES string of the molecule is CCOP(=O)(OCC)c1ccc(O)c(C(=O)C=Cc2ccc(C(=O)OC)cc2)c1. The van der Waals surface area contributed by atoms with Crippen molar-refractivity contribution in [1.29, 1.82) is 0 Å². The Morgan fingerprint density at radius 3 is 2.21 bits per heavy atom. The molecule has 0 aromatic heterocycles. The Morgan fingerprint density at radius 1 is 1.03 bits per heavy atom. The summed E-state index contributed by atoms with van der Waals surface area (Å²) in [6, 6.07) is 10.5. The number of carbonyl (C=O) groups excluding carboxylic acids is 2. The highest BCUT2D eigenvalue weighted by atomic mass is 31.2. The summed E-state index contributed by atoms with van der Waals surface area (Å²) >= 11 is 0. The molecule has 0 heterocycles. The van der Waals surface area contributed by atoms with Crippen LogP contribution in [0, 0.1) is 0 Å². The van der Waals surface area contributed by atoms with Crippen LogP contribution in [0.3, 0.4) is 0 Å². The number of methoxy groups -OCH3 is 1. The molecule has 0 radical (unpaired) electrons. The maximum absolute atomic E-state index is 12.9. The van der Waals surface area contributed by atoms with Crippen LogP contribution in [0.25, 0.3) is 6.08 Å². The quantitative estimate of drug-likeness (QED) is 0.285. The van der Waals surface area contributed by atoms with Crippen LogP contribution < -0.4 is 5.30 Å². The third-order valence-corrected chi connectivity index (χ3v) is 6.03. The smallest absolute Gasteiger partial charge is 0.361 e. The number of hydrogen-bond donors (Lipinski definition) is 1. The Bertz CT molecular complexity index is 938. The zero-order valence-corrected chi connectivity index (χ0v) is 17.3. The van der Waals surface area contributed by atoms with Gasteiger partial charge in [0.2, 0.25) is 0 Å². The van der Waals surface area contributed by atoms with Crippen LogP contribution in [-0.4, -0.2) is 37.2 Å². The molecule has 0 spiro atoms. The topological polar surface area (TPSA) is 99.1 Å². The molecule has 8 heteroatoms. The van der Waals surface area contributed by atoms with E-state index in [-0.39, 0.29) is 29.8 Å². The number of benzene rings is 2. The molecule has 7 nitrogen and oxygen atoms in total. The summed E-state index contributed by atoms with van der Waals surface area (Å²) in [5.41, 5.74) is 1.05. The second-order valence-corrected chi connectivity index (χ2v) is 7.87. The predicted octanol–water partition coefficient (Wildman–Crippen LogP) is 3.97. The second-order valence-electron chi connectivity index (χ2n) is 5.85. The maximum Gasteiger partial charge on any atom is 0.361 e. The van der Waals surface area contributed by atoms with Gasteiger partial charge < -0.3 is 18.9 Å². The van der Waals surface area contributed by atoms with Crippen LogP contribution in [0.1, 0.15) is 40.1 Å². The van der Waals surface area contributed by atoms with Crippen molar-refractivity contribution >= 4 is 30.7 Å². The van der Waals surface area contributed by atoms with Gasteiger partial charge in [0.25, 0.3) is 0 Å². The van der Waals surface area contributed by atoms with Gasteiger partial charge in [0.15, 0.2) is 5.78 Å². The van der Waals surface area contributed by atoms with Crippen molar-refractivity contribution in [2.45, 2.75) is 13.8 Å². The van der Waals surface area contributed by atoms with Crippen LogP contribution >= 0.6 is 7.60 Å². The Morgan fingerprint density at radius 2 is 1.66 bits per heavy atom. The molecule has 0 saturated carbocycles. The highest BCUT2D eigenvalue weighted by molar-refractivity contribution is 7.62. The van der Waals surface area contributed by atoms with E-state index in [1.807, 2.05) is 0 Å². The molecule has 0 aliphatic carbocycles. The minimum atomic E-state index is -3.58. The second kappa shape index (κ2) is 10.2. The normalized spacial score (nSPS) is 11.6. The molecule has 0 unspecified atom stereocenters. The highest BCUT2D eigenvalue weighted by Gasteiger charge is 2.28. The molecule has 2 aromatic carbocycles. The molecule has 2 aromatic rings. The predicted molar refractivity (Wildman–Crippen MR) is 110 cm³/mol. The molecular formula is C21H23O7P. The molecule has 0 aliphatic heterocycles. The van der Waals surface area contributed by atoms with Gasteiger partial charge >= 0.3 is 13.6 Å². The lowest BCUT2D eigenvalue weighted by atomic mass is 10.1. The number of rotatable bonds is 9. The van der Waals surface area contributed by atoms with Crippen LogP contribution in [0.15, 0.2) is 48.5 Å². The van der Waals surface area contributed by atoms with Gasteiger partial charge in [-0.25, -0.2) is 4.79 Å². The van der Waals surface area contributed by atoms with Crippen LogP contribution in [-0.2, 0) is 18.3 Å². The first-order valence-electron chi connectivity index (χ1n) is 8.98. The fourth-order valence-electron chi connectivity index (χ4n) is 2.53. The minimum absolute atomic E-state index is 0.0236. The Hall–Kier alpha value is -2.73. The molecule has 0 bridgehead atoms. The largest absolute Gasteiger partial charge is 0.507 e. The van der Waals surface area contributed by atoms with Crippen molar-refractivity contribution in [3.8, 4) is 5.75 Å². The van der Waals surface area contributed by atoms with E-state index in [0.29, 0.717) is 11.1 Å². The van der Waals surface area contributed by atoms with Crippen molar-refractivity contribution in [1.82, 2.24) is 0 Å².